The highest BCUT2D eigenvalue weighted by atomic mass is 16.3. The van der Waals surface area contributed by atoms with Crippen LogP contribution in [0.3, 0.4) is 0 Å². The molecular weight excluding hydrogens is 256 g/mol. The fraction of sp³-hybridized carbons (Fsp3) is 0.429. The van der Waals surface area contributed by atoms with E-state index in [0.717, 1.165) is 0 Å². The first-order valence-corrected chi connectivity index (χ1v) is 6.43. The molecule has 0 radical (unpaired) electrons. The third kappa shape index (κ3) is 6.08. The minimum Gasteiger partial charge on any atom is -0.508 e. The second-order valence-corrected chi connectivity index (χ2v) is 5.44. The number of aliphatic imine (C=N–C) groups is 1. The highest BCUT2D eigenvalue weighted by molar-refractivity contribution is 5.94. The number of rotatable bonds is 4. The molecule has 20 heavy (non-hydrogen) atoms. The van der Waals surface area contributed by atoms with E-state index >= 15 is 0 Å². The van der Waals surface area contributed by atoms with Gasteiger partial charge in [-0.15, -0.1) is 0 Å². The van der Waals surface area contributed by atoms with Gasteiger partial charge in [-0.2, -0.15) is 0 Å². The second-order valence-electron chi connectivity index (χ2n) is 5.44. The standard InChI is InChI=1S/C14H22N4O2/c1-14(2,3)18-13(15)17-9-8-16-12(20)10-4-6-11(19)7-5-10/h4-7,19H,8-9H2,1-3H3,(H,16,20)(H3,15,17,18). The van der Waals surface area contributed by atoms with E-state index in [0.29, 0.717) is 24.6 Å². The number of nitrogens with one attached hydrogen (secondary N) is 2. The van der Waals surface area contributed by atoms with Crippen molar-refractivity contribution in [2.24, 2.45) is 10.7 Å². The van der Waals surface area contributed by atoms with E-state index in [-0.39, 0.29) is 17.2 Å². The lowest BCUT2D eigenvalue weighted by Crippen LogP contribution is -2.45. The normalized spacial score (nSPS) is 12.1. The number of phenols is 1. The van der Waals surface area contributed by atoms with Crippen molar-refractivity contribution in [1.82, 2.24) is 10.6 Å². The average molecular weight is 278 g/mol. The number of phenolic OH excluding ortho intramolecular Hbond substituents is 1. The Morgan fingerprint density at radius 1 is 1.30 bits per heavy atom. The van der Waals surface area contributed by atoms with E-state index in [2.05, 4.69) is 15.6 Å². The fourth-order valence-electron chi connectivity index (χ4n) is 1.48. The topological polar surface area (TPSA) is 99.7 Å². The monoisotopic (exact) mass is 278 g/mol. The maximum atomic E-state index is 11.7. The molecule has 0 heterocycles. The number of nitrogens with zero attached hydrogens (tertiary/aromatic N) is 1. The Balaban J connectivity index is 2.36. The molecule has 0 aliphatic rings. The third-order valence-electron chi connectivity index (χ3n) is 2.31. The number of amides is 1. The van der Waals surface area contributed by atoms with Crippen LogP contribution in [0.15, 0.2) is 29.3 Å². The molecule has 0 aromatic heterocycles. The number of nitrogens with two attached hydrogens (primary N) is 1. The summed E-state index contributed by atoms with van der Waals surface area (Å²) in [7, 11) is 0. The zero-order valence-corrected chi connectivity index (χ0v) is 12.1. The van der Waals surface area contributed by atoms with Crippen LogP contribution in [0.1, 0.15) is 31.1 Å². The lowest BCUT2D eigenvalue weighted by molar-refractivity contribution is 0.0955. The number of benzene rings is 1. The zero-order valence-electron chi connectivity index (χ0n) is 12.1. The highest BCUT2D eigenvalue weighted by Gasteiger charge is 2.09. The van der Waals surface area contributed by atoms with Crippen molar-refractivity contribution in [2.75, 3.05) is 13.1 Å². The van der Waals surface area contributed by atoms with Gasteiger partial charge in [0.1, 0.15) is 5.75 Å². The van der Waals surface area contributed by atoms with Gasteiger partial charge in [0.2, 0.25) is 0 Å². The van der Waals surface area contributed by atoms with Crippen molar-refractivity contribution in [1.29, 1.82) is 0 Å². The van der Waals surface area contributed by atoms with Crippen LogP contribution in [0, 0.1) is 0 Å². The van der Waals surface area contributed by atoms with Crippen LogP contribution in [0.4, 0.5) is 0 Å². The van der Waals surface area contributed by atoms with Crippen LogP contribution in [-0.2, 0) is 0 Å². The van der Waals surface area contributed by atoms with Crippen LogP contribution in [-0.4, -0.2) is 35.6 Å². The summed E-state index contributed by atoms with van der Waals surface area (Å²) in [6, 6.07) is 6.06. The predicted octanol–water partition coefficient (Wildman–Crippen LogP) is 0.825. The number of guanidine groups is 1. The number of hydrogen-bond acceptors (Lipinski definition) is 3. The van der Waals surface area contributed by atoms with Gasteiger partial charge in [0, 0.05) is 17.6 Å². The Morgan fingerprint density at radius 2 is 1.90 bits per heavy atom. The molecular formula is C14H22N4O2. The zero-order chi connectivity index (χ0) is 15.2. The van der Waals surface area contributed by atoms with E-state index in [1.165, 1.54) is 12.1 Å². The molecule has 0 saturated carbocycles. The molecule has 0 bridgehead atoms. The van der Waals surface area contributed by atoms with Gasteiger partial charge in [-0.05, 0) is 45.0 Å². The molecule has 1 aromatic rings. The summed E-state index contributed by atoms with van der Waals surface area (Å²) in [5.41, 5.74) is 6.06. The van der Waals surface area contributed by atoms with Gasteiger partial charge in [0.05, 0.1) is 6.54 Å². The third-order valence-corrected chi connectivity index (χ3v) is 2.31. The van der Waals surface area contributed by atoms with Crippen LogP contribution in [0.2, 0.25) is 0 Å². The van der Waals surface area contributed by atoms with Gasteiger partial charge in [0.15, 0.2) is 5.96 Å². The Kier molecular flexibility index (Phi) is 5.37. The summed E-state index contributed by atoms with van der Waals surface area (Å²) in [5.74, 6) is 0.283. The molecule has 0 atom stereocenters. The SMILES string of the molecule is CC(C)(C)NC(N)=NCCNC(=O)c1ccc(O)cc1. The van der Waals surface area contributed by atoms with Gasteiger partial charge >= 0.3 is 0 Å². The number of aromatic hydroxyl groups is 1. The van der Waals surface area contributed by atoms with Gasteiger partial charge in [-0.25, -0.2) is 0 Å². The van der Waals surface area contributed by atoms with Gasteiger partial charge in [-0.1, -0.05) is 0 Å². The van der Waals surface area contributed by atoms with E-state index in [9.17, 15) is 4.79 Å². The smallest absolute Gasteiger partial charge is 0.251 e. The lowest BCUT2D eigenvalue weighted by atomic mass is 10.1. The molecule has 1 aromatic carbocycles. The largest absolute Gasteiger partial charge is 0.508 e. The number of carbonyl (C=O) groups is 1. The first kappa shape index (κ1) is 15.8. The van der Waals surface area contributed by atoms with E-state index < -0.39 is 0 Å². The minimum atomic E-state index is -0.206. The first-order valence-electron chi connectivity index (χ1n) is 6.43. The van der Waals surface area contributed by atoms with Crippen molar-refractivity contribution in [3.05, 3.63) is 29.8 Å². The molecule has 5 N–H and O–H groups in total. The van der Waals surface area contributed by atoms with E-state index in [4.69, 9.17) is 10.8 Å². The van der Waals surface area contributed by atoms with Crippen molar-refractivity contribution in [3.63, 3.8) is 0 Å². The van der Waals surface area contributed by atoms with Crippen molar-refractivity contribution in [3.8, 4) is 5.75 Å². The molecule has 0 fully saturated rings. The maximum absolute atomic E-state index is 11.7. The van der Waals surface area contributed by atoms with Crippen LogP contribution in [0.25, 0.3) is 0 Å². The van der Waals surface area contributed by atoms with E-state index in [1.54, 1.807) is 12.1 Å². The summed E-state index contributed by atoms with van der Waals surface area (Å²) in [6.45, 7) is 6.76. The molecule has 1 amide bonds. The quantitative estimate of drug-likeness (QED) is 0.372. The second kappa shape index (κ2) is 6.79. The van der Waals surface area contributed by atoms with Crippen molar-refractivity contribution < 1.29 is 9.90 Å². The van der Waals surface area contributed by atoms with E-state index in [1.807, 2.05) is 20.8 Å². The molecule has 1 rings (SSSR count). The fourth-order valence-corrected chi connectivity index (χ4v) is 1.48. The minimum absolute atomic E-state index is 0.132. The average Bonchev–Trinajstić information content (AvgIpc) is 2.33. The summed E-state index contributed by atoms with van der Waals surface area (Å²) in [6.07, 6.45) is 0. The predicted molar refractivity (Wildman–Crippen MR) is 79.8 cm³/mol. The molecule has 110 valence electrons. The molecule has 0 aliphatic carbocycles. The first-order chi connectivity index (χ1) is 9.28. The summed E-state index contributed by atoms with van der Waals surface area (Å²) >= 11 is 0. The lowest BCUT2D eigenvalue weighted by Gasteiger charge is -2.20. The summed E-state index contributed by atoms with van der Waals surface area (Å²) in [5, 5.41) is 14.9. The van der Waals surface area contributed by atoms with Crippen molar-refractivity contribution >= 4 is 11.9 Å². The van der Waals surface area contributed by atoms with Crippen LogP contribution in [0.5, 0.6) is 5.75 Å². The molecule has 0 unspecified atom stereocenters. The van der Waals surface area contributed by atoms with Crippen molar-refractivity contribution in [2.45, 2.75) is 26.3 Å². The number of hydrogen-bond donors (Lipinski definition) is 4. The van der Waals surface area contributed by atoms with Crippen LogP contribution >= 0.6 is 0 Å². The Bertz CT molecular complexity index is 475. The van der Waals surface area contributed by atoms with Gasteiger partial charge in [0.25, 0.3) is 5.91 Å². The Morgan fingerprint density at radius 3 is 2.45 bits per heavy atom. The summed E-state index contributed by atoms with van der Waals surface area (Å²) < 4.78 is 0. The molecule has 6 nitrogen and oxygen atoms in total. The highest BCUT2D eigenvalue weighted by Crippen LogP contribution is 2.09. The number of carbonyl (C=O) groups excluding carboxylic acids is 1. The Hall–Kier alpha value is -2.24. The molecule has 6 heteroatoms. The molecule has 0 spiro atoms. The molecule has 0 saturated heterocycles. The maximum Gasteiger partial charge on any atom is 0.251 e. The molecule has 0 aliphatic heterocycles. The summed E-state index contributed by atoms with van der Waals surface area (Å²) in [4.78, 5) is 15.9. The van der Waals surface area contributed by atoms with Gasteiger partial charge < -0.3 is 21.5 Å². The van der Waals surface area contributed by atoms with Crippen LogP contribution < -0.4 is 16.4 Å². The van der Waals surface area contributed by atoms with Gasteiger partial charge in [-0.3, -0.25) is 9.79 Å². The Labute approximate surface area is 119 Å².